The van der Waals surface area contributed by atoms with Crippen molar-refractivity contribution < 1.29 is 4.79 Å². The first kappa shape index (κ1) is 16.0. The normalized spacial score (nSPS) is 15.4. The van der Waals surface area contributed by atoms with Gasteiger partial charge in [-0.2, -0.15) is 0 Å². The molecule has 23 heavy (non-hydrogen) atoms. The van der Waals surface area contributed by atoms with Gasteiger partial charge in [0.25, 0.3) is 0 Å². The number of nitrogens with zero attached hydrogens (tertiary/aromatic N) is 5. The van der Waals surface area contributed by atoms with Crippen LogP contribution in [0.2, 0.25) is 0 Å². The molecule has 3 rings (SSSR count). The fourth-order valence-electron chi connectivity index (χ4n) is 2.45. The average molecular weight is 331 g/mol. The maximum atomic E-state index is 12.6. The third-order valence-corrected chi connectivity index (χ3v) is 5.07. The molecule has 0 aliphatic heterocycles. The number of carbonyl (C=O) groups is 1. The predicted octanol–water partition coefficient (Wildman–Crippen LogP) is 2.46. The predicted molar refractivity (Wildman–Crippen MR) is 89.1 cm³/mol. The fourth-order valence-corrected chi connectivity index (χ4v) is 3.43. The van der Waals surface area contributed by atoms with E-state index in [0.29, 0.717) is 12.6 Å². The summed E-state index contributed by atoms with van der Waals surface area (Å²) >= 11 is 1.43. The van der Waals surface area contributed by atoms with E-state index in [9.17, 15) is 4.79 Å². The molecule has 1 aliphatic rings. The van der Waals surface area contributed by atoms with E-state index in [-0.39, 0.29) is 11.2 Å². The van der Waals surface area contributed by atoms with Crippen LogP contribution in [0.25, 0.3) is 0 Å². The summed E-state index contributed by atoms with van der Waals surface area (Å²) in [6.45, 7) is 4.59. The van der Waals surface area contributed by atoms with Crippen LogP contribution in [0.1, 0.15) is 36.9 Å². The van der Waals surface area contributed by atoms with E-state index < -0.39 is 0 Å². The minimum Gasteiger partial charge on any atom is -0.340 e. The highest BCUT2D eigenvalue weighted by atomic mass is 32.2. The molecule has 7 heteroatoms. The van der Waals surface area contributed by atoms with Crippen molar-refractivity contribution in [3.63, 3.8) is 0 Å². The second kappa shape index (κ2) is 6.70. The minimum atomic E-state index is -0.215. The van der Waals surface area contributed by atoms with Gasteiger partial charge in [0.1, 0.15) is 0 Å². The number of thioether (sulfide) groups is 1. The minimum absolute atomic E-state index is 0.0867. The fraction of sp³-hybridized carbons (Fsp3) is 0.500. The zero-order valence-corrected chi connectivity index (χ0v) is 14.5. The summed E-state index contributed by atoms with van der Waals surface area (Å²) in [4.78, 5) is 14.4. The molecule has 0 spiro atoms. The van der Waals surface area contributed by atoms with Crippen molar-refractivity contribution in [2.75, 3.05) is 7.05 Å². The van der Waals surface area contributed by atoms with Gasteiger partial charge >= 0.3 is 0 Å². The Labute approximate surface area is 140 Å². The molecule has 1 saturated carbocycles. The van der Waals surface area contributed by atoms with Gasteiger partial charge in [-0.25, -0.2) is 4.68 Å². The van der Waals surface area contributed by atoms with Gasteiger partial charge in [0.05, 0.1) is 11.3 Å². The number of aryl methyl sites for hydroxylation is 1. The van der Waals surface area contributed by atoms with E-state index in [4.69, 9.17) is 0 Å². The molecule has 1 fully saturated rings. The number of carbonyl (C=O) groups excluding carboxylic acids is 1. The molecule has 1 amide bonds. The van der Waals surface area contributed by atoms with Gasteiger partial charge in [-0.3, -0.25) is 4.79 Å². The first-order chi connectivity index (χ1) is 11.1. The Morgan fingerprint density at radius 3 is 2.87 bits per heavy atom. The van der Waals surface area contributed by atoms with Crippen molar-refractivity contribution in [2.24, 2.45) is 0 Å². The molecule has 0 radical (unpaired) electrons. The van der Waals surface area contributed by atoms with Crippen molar-refractivity contribution >= 4 is 17.7 Å². The molecular formula is C16H21N5OS. The smallest absolute Gasteiger partial charge is 0.235 e. The van der Waals surface area contributed by atoms with Gasteiger partial charge in [-0.15, -0.1) is 5.10 Å². The Morgan fingerprint density at radius 2 is 2.17 bits per heavy atom. The first-order valence-electron chi connectivity index (χ1n) is 7.80. The second-order valence-corrected chi connectivity index (χ2v) is 7.33. The molecule has 1 atom stereocenters. The van der Waals surface area contributed by atoms with Crippen LogP contribution >= 0.6 is 11.8 Å². The van der Waals surface area contributed by atoms with E-state index in [2.05, 4.69) is 34.6 Å². The SMILES string of the molecule is Cc1ccccc1CN(C)C(=O)C(C)Sc1nnnn1C1CC1. The summed E-state index contributed by atoms with van der Waals surface area (Å²) in [6, 6.07) is 8.55. The molecule has 6 nitrogen and oxygen atoms in total. The summed E-state index contributed by atoms with van der Waals surface area (Å²) in [5.74, 6) is 0.0867. The zero-order chi connectivity index (χ0) is 16.4. The molecule has 1 heterocycles. The molecule has 1 aromatic carbocycles. The molecule has 0 N–H and O–H groups in total. The van der Waals surface area contributed by atoms with Crippen LogP contribution in [0.4, 0.5) is 0 Å². The highest BCUT2D eigenvalue weighted by molar-refractivity contribution is 8.00. The largest absolute Gasteiger partial charge is 0.340 e. The monoisotopic (exact) mass is 331 g/mol. The molecule has 0 saturated heterocycles. The summed E-state index contributed by atoms with van der Waals surface area (Å²) in [5.41, 5.74) is 2.37. The van der Waals surface area contributed by atoms with Crippen LogP contribution < -0.4 is 0 Å². The number of hydrogen-bond donors (Lipinski definition) is 0. The van der Waals surface area contributed by atoms with E-state index in [1.807, 2.05) is 30.8 Å². The van der Waals surface area contributed by atoms with Crippen molar-refractivity contribution in [1.29, 1.82) is 0 Å². The standard InChI is InChI=1S/C16H21N5OS/c1-11-6-4-5-7-13(11)10-20(3)15(22)12(2)23-16-17-18-19-21(16)14-8-9-14/h4-7,12,14H,8-10H2,1-3H3. The van der Waals surface area contributed by atoms with Crippen molar-refractivity contribution in [3.8, 4) is 0 Å². The van der Waals surface area contributed by atoms with Crippen LogP contribution in [0.15, 0.2) is 29.4 Å². The highest BCUT2D eigenvalue weighted by Gasteiger charge is 2.30. The summed E-state index contributed by atoms with van der Waals surface area (Å²) in [6.07, 6.45) is 2.24. The Bertz CT molecular complexity index is 697. The van der Waals surface area contributed by atoms with Crippen molar-refractivity contribution in [1.82, 2.24) is 25.1 Å². The zero-order valence-electron chi connectivity index (χ0n) is 13.6. The van der Waals surface area contributed by atoms with Gasteiger partial charge in [-0.1, -0.05) is 36.0 Å². The molecule has 0 bridgehead atoms. The van der Waals surface area contributed by atoms with Crippen molar-refractivity contribution in [2.45, 2.75) is 49.7 Å². The van der Waals surface area contributed by atoms with E-state index >= 15 is 0 Å². The molecule has 1 unspecified atom stereocenters. The van der Waals surface area contributed by atoms with Gasteiger partial charge in [-0.05, 0) is 48.2 Å². The summed E-state index contributed by atoms with van der Waals surface area (Å²) in [7, 11) is 1.84. The summed E-state index contributed by atoms with van der Waals surface area (Å²) < 4.78 is 1.84. The van der Waals surface area contributed by atoms with Crippen LogP contribution in [-0.4, -0.2) is 43.3 Å². The summed E-state index contributed by atoms with van der Waals surface area (Å²) in [5, 5.41) is 12.3. The number of benzene rings is 1. The van der Waals surface area contributed by atoms with Crippen LogP contribution in [0.3, 0.4) is 0 Å². The number of tetrazole rings is 1. The lowest BCUT2D eigenvalue weighted by Crippen LogP contribution is -2.33. The Balaban J connectivity index is 1.62. The van der Waals surface area contributed by atoms with Gasteiger partial charge in [0.2, 0.25) is 11.1 Å². The molecule has 122 valence electrons. The highest BCUT2D eigenvalue weighted by Crippen LogP contribution is 2.37. The number of hydrogen-bond acceptors (Lipinski definition) is 5. The Hall–Kier alpha value is -1.89. The van der Waals surface area contributed by atoms with Gasteiger partial charge < -0.3 is 4.90 Å². The van der Waals surface area contributed by atoms with E-state index in [0.717, 1.165) is 18.0 Å². The lowest BCUT2D eigenvalue weighted by Gasteiger charge is -2.21. The Kier molecular flexibility index (Phi) is 4.66. The number of amides is 1. The maximum absolute atomic E-state index is 12.6. The third-order valence-electron chi connectivity index (χ3n) is 4.03. The third kappa shape index (κ3) is 3.72. The quantitative estimate of drug-likeness (QED) is 0.761. The second-order valence-electron chi connectivity index (χ2n) is 6.02. The van der Waals surface area contributed by atoms with Crippen LogP contribution in [-0.2, 0) is 11.3 Å². The average Bonchev–Trinajstić information content (AvgIpc) is 3.28. The topological polar surface area (TPSA) is 63.9 Å². The number of aromatic nitrogens is 4. The number of rotatable bonds is 6. The lowest BCUT2D eigenvalue weighted by atomic mass is 10.1. The van der Waals surface area contributed by atoms with E-state index in [1.165, 1.54) is 22.9 Å². The van der Waals surface area contributed by atoms with Crippen molar-refractivity contribution in [3.05, 3.63) is 35.4 Å². The van der Waals surface area contributed by atoms with Gasteiger partial charge in [0, 0.05) is 13.6 Å². The maximum Gasteiger partial charge on any atom is 0.235 e. The van der Waals surface area contributed by atoms with Crippen LogP contribution in [0, 0.1) is 6.92 Å². The lowest BCUT2D eigenvalue weighted by molar-refractivity contribution is -0.129. The van der Waals surface area contributed by atoms with Gasteiger partial charge in [0.15, 0.2) is 0 Å². The molecule has 1 aromatic heterocycles. The Morgan fingerprint density at radius 1 is 1.43 bits per heavy atom. The van der Waals surface area contributed by atoms with E-state index in [1.54, 1.807) is 4.90 Å². The first-order valence-corrected chi connectivity index (χ1v) is 8.68. The molecular weight excluding hydrogens is 310 g/mol. The molecule has 2 aromatic rings. The molecule has 1 aliphatic carbocycles. The van der Waals surface area contributed by atoms with Crippen LogP contribution in [0.5, 0.6) is 0 Å².